The van der Waals surface area contributed by atoms with E-state index in [1.807, 2.05) is 6.20 Å². The molecule has 2 aromatic rings. The van der Waals surface area contributed by atoms with Crippen molar-refractivity contribution in [3.05, 3.63) is 34.8 Å². The van der Waals surface area contributed by atoms with E-state index in [1.54, 1.807) is 23.3 Å². The van der Waals surface area contributed by atoms with E-state index in [0.29, 0.717) is 12.5 Å². The van der Waals surface area contributed by atoms with Crippen LogP contribution in [0.15, 0.2) is 29.3 Å². The Hall–Kier alpha value is -1.27. The SMILES string of the molecule is NCc1cnn(-c2ncc(Br)cn2)c1. The number of nitrogens with zero attached hydrogens (tertiary/aromatic N) is 4. The Morgan fingerprint density at radius 2 is 2.00 bits per heavy atom. The van der Waals surface area contributed by atoms with Gasteiger partial charge in [0.1, 0.15) is 0 Å². The molecule has 0 aromatic carbocycles. The second kappa shape index (κ2) is 3.85. The molecule has 0 unspecified atom stereocenters. The summed E-state index contributed by atoms with van der Waals surface area (Å²) >= 11 is 3.26. The van der Waals surface area contributed by atoms with Gasteiger partial charge in [0.15, 0.2) is 0 Å². The minimum absolute atomic E-state index is 0.469. The Morgan fingerprint density at radius 3 is 2.57 bits per heavy atom. The molecule has 0 saturated heterocycles. The largest absolute Gasteiger partial charge is 0.326 e. The Kier molecular flexibility index (Phi) is 2.55. The van der Waals surface area contributed by atoms with Crippen molar-refractivity contribution >= 4 is 15.9 Å². The van der Waals surface area contributed by atoms with Crippen molar-refractivity contribution in [3.8, 4) is 5.95 Å². The monoisotopic (exact) mass is 253 g/mol. The van der Waals surface area contributed by atoms with Crippen molar-refractivity contribution in [2.24, 2.45) is 5.73 Å². The van der Waals surface area contributed by atoms with Crippen molar-refractivity contribution in [1.82, 2.24) is 19.7 Å². The van der Waals surface area contributed by atoms with Crippen molar-refractivity contribution in [2.45, 2.75) is 6.54 Å². The molecule has 0 atom stereocenters. The molecule has 0 amide bonds. The molecular formula is C8H8BrN5. The summed E-state index contributed by atoms with van der Waals surface area (Å²) in [5, 5.41) is 4.08. The normalized spacial score (nSPS) is 10.4. The highest BCUT2D eigenvalue weighted by Gasteiger charge is 2.01. The van der Waals surface area contributed by atoms with Gasteiger partial charge in [-0.2, -0.15) is 5.10 Å². The predicted octanol–water partition coefficient (Wildman–Crippen LogP) is 0.883. The zero-order chi connectivity index (χ0) is 9.97. The Bertz CT molecular complexity index is 422. The van der Waals surface area contributed by atoms with Gasteiger partial charge in [0.05, 0.1) is 10.7 Å². The molecule has 2 heterocycles. The van der Waals surface area contributed by atoms with Crippen LogP contribution in [0, 0.1) is 0 Å². The molecule has 6 heteroatoms. The molecule has 0 radical (unpaired) electrons. The van der Waals surface area contributed by atoms with Crippen molar-refractivity contribution < 1.29 is 0 Å². The highest BCUT2D eigenvalue weighted by Crippen LogP contribution is 2.07. The fraction of sp³-hybridized carbons (Fsp3) is 0.125. The molecule has 5 nitrogen and oxygen atoms in total. The number of hydrogen-bond acceptors (Lipinski definition) is 4. The molecule has 0 aliphatic heterocycles. The van der Waals surface area contributed by atoms with Crippen LogP contribution in [0.5, 0.6) is 0 Å². The molecular weight excluding hydrogens is 246 g/mol. The van der Waals surface area contributed by atoms with Gasteiger partial charge >= 0.3 is 0 Å². The van der Waals surface area contributed by atoms with Crippen LogP contribution < -0.4 is 5.73 Å². The van der Waals surface area contributed by atoms with Gasteiger partial charge in [-0.3, -0.25) is 0 Å². The van der Waals surface area contributed by atoms with Crippen molar-refractivity contribution in [2.75, 3.05) is 0 Å². The van der Waals surface area contributed by atoms with E-state index < -0.39 is 0 Å². The van der Waals surface area contributed by atoms with Gasteiger partial charge in [0.2, 0.25) is 0 Å². The summed E-state index contributed by atoms with van der Waals surface area (Å²) in [6.07, 6.45) is 6.85. The zero-order valence-electron chi connectivity index (χ0n) is 7.26. The maximum absolute atomic E-state index is 5.46. The Morgan fingerprint density at radius 1 is 1.29 bits per heavy atom. The fourth-order valence-corrected chi connectivity index (χ4v) is 1.20. The van der Waals surface area contributed by atoms with E-state index >= 15 is 0 Å². The number of halogens is 1. The molecule has 2 aromatic heterocycles. The zero-order valence-corrected chi connectivity index (χ0v) is 8.85. The summed E-state index contributed by atoms with van der Waals surface area (Å²) in [6, 6.07) is 0. The maximum atomic E-state index is 5.46. The van der Waals surface area contributed by atoms with Gasteiger partial charge in [0.25, 0.3) is 5.95 Å². The summed E-state index contributed by atoms with van der Waals surface area (Å²) in [7, 11) is 0. The van der Waals surface area contributed by atoms with Crippen LogP contribution in [0.25, 0.3) is 5.95 Å². The first kappa shape index (κ1) is 9.29. The van der Waals surface area contributed by atoms with Crippen LogP contribution >= 0.6 is 15.9 Å². The lowest BCUT2D eigenvalue weighted by Gasteiger charge is -1.97. The molecule has 14 heavy (non-hydrogen) atoms. The quantitative estimate of drug-likeness (QED) is 0.863. The first-order valence-electron chi connectivity index (χ1n) is 4.01. The lowest BCUT2D eigenvalue weighted by Crippen LogP contribution is -2.00. The highest BCUT2D eigenvalue weighted by atomic mass is 79.9. The smallest absolute Gasteiger partial charge is 0.250 e. The Labute approximate surface area is 89.1 Å². The van der Waals surface area contributed by atoms with Gasteiger partial charge in [-0.15, -0.1) is 0 Å². The van der Waals surface area contributed by atoms with E-state index in [0.717, 1.165) is 10.0 Å². The predicted molar refractivity (Wildman–Crippen MR) is 54.7 cm³/mol. The first-order chi connectivity index (χ1) is 6.79. The summed E-state index contributed by atoms with van der Waals surface area (Å²) in [6.45, 7) is 0.469. The van der Waals surface area contributed by atoms with Crippen molar-refractivity contribution in [3.63, 3.8) is 0 Å². The van der Waals surface area contributed by atoms with Gasteiger partial charge in [-0.05, 0) is 15.9 Å². The number of hydrogen-bond donors (Lipinski definition) is 1. The minimum Gasteiger partial charge on any atom is -0.326 e. The molecule has 2 N–H and O–H groups in total. The lowest BCUT2D eigenvalue weighted by molar-refractivity contribution is 0.805. The van der Waals surface area contributed by atoms with Crippen LogP contribution in [0.4, 0.5) is 0 Å². The molecule has 72 valence electrons. The number of nitrogens with two attached hydrogens (primary N) is 1. The summed E-state index contributed by atoms with van der Waals surface area (Å²) in [5.74, 6) is 0.535. The molecule has 0 saturated carbocycles. The van der Waals surface area contributed by atoms with Crippen LogP contribution in [0.1, 0.15) is 5.56 Å². The summed E-state index contributed by atoms with van der Waals surface area (Å²) < 4.78 is 2.43. The lowest BCUT2D eigenvalue weighted by atomic mass is 10.4. The molecule has 0 aliphatic carbocycles. The maximum Gasteiger partial charge on any atom is 0.250 e. The van der Waals surface area contributed by atoms with Gasteiger partial charge in [-0.1, -0.05) is 0 Å². The average molecular weight is 254 g/mol. The first-order valence-corrected chi connectivity index (χ1v) is 4.80. The minimum atomic E-state index is 0.469. The van der Waals surface area contributed by atoms with Gasteiger partial charge in [-0.25, -0.2) is 14.6 Å². The molecule has 2 rings (SSSR count). The standard InChI is InChI=1S/C8H8BrN5/c9-7-3-11-8(12-4-7)14-5-6(1-10)2-13-14/h2-5H,1,10H2. The van der Waals surface area contributed by atoms with E-state index in [2.05, 4.69) is 31.0 Å². The molecule has 0 spiro atoms. The number of aromatic nitrogens is 4. The van der Waals surface area contributed by atoms with Gasteiger partial charge in [0, 0.05) is 30.7 Å². The van der Waals surface area contributed by atoms with E-state index in [9.17, 15) is 0 Å². The third-order valence-corrected chi connectivity index (χ3v) is 2.09. The van der Waals surface area contributed by atoms with Crippen LogP contribution in [-0.4, -0.2) is 19.7 Å². The van der Waals surface area contributed by atoms with Crippen LogP contribution in [-0.2, 0) is 6.54 Å². The number of rotatable bonds is 2. The van der Waals surface area contributed by atoms with Crippen molar-refractivity contribution in [1.29, 1.82) is 0 Å². The molecule has 0 bridgehead atoms. The van der Waals surface area contributed by atoms with E-state index in [-0.39, 0.29) is 0 Å². The fourth-order valence-electron chi connectivity index (χ4n) is 0.999. The highest BCUT2D eigenvalue weighted by molar-refractivity contribution is 9.10. The third-order valence-electron chi connectivity index (χ3n) is 1.68. The topological polar surface area (TPSA) is 69.6 Å². The molecule has 0 aliphatic rings. The summed E-state index contributed by atoms with van der Waals surface area (Å²) in [5.41, 5.74) is 6.42. The second-order valence-electron chi connectivity index (χ2n) is 2.70. The van der Waals surface area contributed by atoms with Crippen LogP contribution in [0.2, 0.25) is 0 Å². The second-order valence-corrected chi connectivity index (χ2v) is 3.61. The van der Waals surface area contributed by atoms with E-state index in [4.69, 9.17) is 5.73 Å². The average Bonchev–Trinajstić information content (AvgIpc) is 2.67. The van der Waals surface area contributed by atoms with Gasteiger partial charge < -0.3 is 5.73 Å². The molecule has 0 fully saturated rings. The summed E-state index contributed by atoms with van der Waals surface area (Å²) in [4.78, 5) is 8.20. The van der Waals surface area contributed by atoms with E-state index in [1.165, 1.54) is 0 Å². The van der Waals surface area contributed by atoms with Crippen LogP contribution in [0.3, 0.4) is 0 Å². The third kappa shape index (κ3) is 1.80. The Balaban J connectivity index is 2.34.